The predicted molar refractivity (Wildman–Crippen MR) is 226 cm³/mol. The molecule has 0 N–H and O–H groups in total. The van der Waals surface area contributed by atoms with Crippen LogP contribution in [0.5, 0.6) is 0 Å². The van der Waals surface area contributed by atoms with Crippen molar-refractivity contribution in [3.05, 3.63) is 217 Å². The molecule has 7 aromatic carbocycles. The Balaban J connectivity index is 1.39. The molecule has 0 aliphatic carbocycles. The Morgan fingerprint density at radius 1 is 0.352 bits per heavy atom. The summed E-state index contributed by atoms with van der Waals surface area (Å²) < 4.78 is 2.97. The van der Waals surface area contributed by atoms with E-state index in [4.69, 9.17) is 0 Å². The van der Waals surface area contributed by atoms with Gasteiger partial charge in [-0.3, -0.25) is 14.5 Å². The zero-order chi connectivity index (χ0) is 36.8. The molecule has 0 unspecified atom stereocenters. The smallest absolute Gasteiger partial charge is 0.261 e. The number of unbranched alkanes of at least 4 members (excludes halogenated alkanes) is 1. The number of fused-ring (bicyclic) bond motifs is 1. The number of nitrogens with zero attached hydrogens (tertiary/aromatic N) is 2. The Bertz CT molecular complexity index is 1970. The molecule has 0 spiro atoms. The lowest BCUT2D eigenvalue weighted by atomic mass is 10.1. The molecular formula is C48H42N2O2Si2. The van der Waals surface area contributed by atoms with E-state index in [0.717, 1.165) is 13.0 Å². The summed E-state index contributed by atoms with van der Waals surface area (Å²) in [7, 11) is -6.30. The fourth-order valence-electron chi connectivity index (χ4n) is 8.58. The Labute approximate surface area is 320 Å². The monoisotopic (exact) mass is 734 g/mol. The van der Waals surface area contributed by atoms with E-state index in [1.165, 1.54) is 36.0 Å². The van der Waals surface area contributed by atoms with Gasteiger partial charge in [0.1, 0.15) is 0 Å². The van der Waals surface area contributed by atoms with Gasteiger partial charge in [0, 0.05) is 6.54 Å². The van der Waals surface area contributed by atoms with Gasteiger partial charge in [-0.05, 0) is 62.6 Å². The fraction of sp³-hybridized carbons (Fsp3) is 0.0833. The summed E-state index contributed by atoms with van der Waals surface area (Å²) in [5.74, 6) is -0.397. The number of hydrogen-bond donors (Lipinski definition) is 0. The van der Waals surface area contributed by atoms with Crippen LogP contribution in [-0.2, 0) is 0 Å². The Morgan fingerprint density at radius 3 is 0.889 bits per heavy atom. The van der Waals surface area contributed by atoms with Crippen LogP contribution in [0.1, 0.15) is 33.6 Å². The van der Waals surface area contributed by atoms with Crippen molar-refractivity contribution in [3.63, 3.8) is 0 Å². The van der Waals surface area contributed by atoms with E-state index in [-0.39, 0.29) is 11.8 Å². The maximum atomic E-state index is 13.5. The first kappa shape index (κ1) is 35.1. The second-order valence-corrected chi connectivity index (χ2v) is 21.6. The molecule has 1 heterocycles. The van der Waals surface area contributed by atoms with Crippen LogP contribution in [0.15, 0.2) is 206 Å². The largest absolute Gasteiger partial charge is 0.324 e. The van der Waals surface area contributed by atoms with Crippen LogP contribution >= 0.6 is 0 Å². The second-order valence-electron chi connectivity index (χ2n) is 13.8. The maximum Gasteiger partial charge on any atom is 0.261 e. The molecule has 7 aromatic rings. The van der Waals surface area contributed by atoms with Gasteiger partial charge in [-0.25, -0.2) is 0 Å². The summed E-state index contributed by atoms with van der Waals surface area (Å²) in [6.07, 6.45) is 1.45. The molecule has 4 nitrogen and oxygen atoms in total. The third-order valence-electron chi connectivity index (χ3n) is 10.9. The normalized spacial score (nSPS) is 12.9. The average molecular weight is 735 g/mol. The third-order valence-corrected chi connectivity index (χ3v) is 21.9. The zero-order valence-corrected chi connectivity index (χ0v) is 32.2. The number of carbonyl (C=O) groups is 2. The highest BCUT2D eigenvalue weighted by Crippen LogP contribution is 2.26. The van der Waals surface area contributed by atoms with Crippen LogP contribution in [0.2, 0.25) is 0 Å². The standard InChI is InChI=1S/C48H42N2O2Si2/c51-47-45-35-19-20-36-46(45)48(52)49(47)37-21-22-38-50(53(39-23-7-1-8-24-39,40-25-9-2-10-26-40)41-27-11-3-12-28-41)54(42-29-13-4-14-30-42,43-31-15-5-16-32-43)44-33-17-6-18-34-44/h1-20,23-36H,21-22,37-38H2. The lowest BCUT2D eigenvalue weighted by Gasteiger charge is -2.54. The molecule has 6 heteroatoms. The predicted octanol–water partition coefficient (Wildman–Crippen LogP) is 5.70. The first-order chi connectivity index (χ1) is 26.7. The molecule has 0 fully saturated rings. The van der Waals surface area contributed by atoms with Gasteiger partial charge in [0.2, 0.25) is 16.5 Å². The van der Waals surface area contributed by atoms with Crippen molar-refractivity contribution >= 4 is 59.4 Å². The Kier molecular flexibility index (Phi) is 10.1. The lowest BCUT2D eigenvalue weighted by molar-refractivity contribution is 0.0651. The van der Waals surface area contributed by atoms with E-state index in [2.05, 4.69) is 186 Å². The fourth-order valence-corrected chi connectivity index (χ4v) is 21.8. The van der Waals surface area contributed by atoms with Crippen LogP contribution in [0.25, 0.3) is 0 Å². The van der Waals surface area contributed by atoms with E-state index in [1.54, 1.807) is 12.1 Å². The zero-order valence-electron chi connectivity index (χ0n) is 30.2. The number of hydrogen-bond acceptors (Lipinski definition) is 3. The molecule has 2 amide bonds. The molecule has 8 rings (SSSR count). The first-order valence-corrected chi connectivity index (χ1v) is 22.6. The molecule has 264 valence electrons. The van der Waals surface area contributed by atoms with E-state index in [1.807, 2.05) is 12.1 Å². The van der Waals surface area contributed by atoms with Crippen LogP contribution < -0.4 is 31.1 Å². The minimum Gasteiger partial charge on any atom is -0.324 e. The second kappa shape index (κ2) is 15.6. The van der Waals surface area contributed by atoms with Crippen LogP contribution in [0, 0.1) is 0 Å². The first-order valence-electron chi connectivity index (χ1n) is 18.7. The molecule has 0 atom stereocenters. The maximum absolute atomic E-state index is 13.5. The van der Waals surface area contributed by atoms with Crippen molar-refractivity contribution in [1.82, 2.24) is 9.13 Å². The van der Waals surface area contributed by atoms with E-state index in [0.29, 0.717) is 24.1 Å². The molecule has 1 aliphatic rings. The molecule has 0 aromatic heterocycles. The SMILES string of the molecule is O=C1c2ccccc2C(=O)N1CCCCN([Si](c1ccccc1)(c1ccccc1)c1ccccc1)[Si](c1ccccc1)(c1ccccc1)c1ccccc1. The van der Waals surface area contributed by atoms with Crippen molar-refractivity contribution in [1.29, 1.82) is 0 Å². The molecule has 1 aliphatic heterocycles. The van der Waals surface area contributed by atoms with E-state index >= 15 is 0 Å². The van der Waals surface area contributed by atoms with Crippen molar-refractivity contribution in [2.45, 2.75) is 12.8 Å². The highest BCUT2D eigenvalue weighted by atomic mass is 28.4. The number of amides is 2. The minimum absolute atomic E-state index is 0.199. The number of carbonyl (C=O) groups excluding carboxylic acids is 2. The highest BCUT2D eigenvalue weighted by Gasteiger charge is 2.57. The molecule has 0 bridgehead atoms. The van der Waals surface area contributed by atoms with Gasteiger partial charge in [-0.2, -0.15) is 0 Å². The van der Waals surface area contributed by atoms with Crippen molar-refractivity contribution in [3.8, 4) is 0 Å². The summed E-state index contributed by atoms with van der Waals surface area (Å²) >= 11 is 0. The van der Waals surface area contributed by atoms with E-state index in [9.17, 15) is 9.59 Å². The van der Waals surface area contributed by atoms with Crippen molar-refractivity contribution in [2.24, 2.45) is 0 Å². The lowest BCUT2D eigenvalue weighted by Crippen LogP contribution is -2.90. The highest BCUT2D eigenvalue weighted by molar-refractivity contribution is 7.22. The Morgan fingerprint density at radius 2 is 0.611 bits per heavy atom. The van der Waals surface area contributed by atoms with Gasteiger partial charge < -0.3 is 4.23 Å². The minimum atomic E-state index is -3.15. The van der Waals surface area contributed by atoms with Crippen LogP contribution in [0.3, 0.4) is 0 Å². The van der Waals surface area contributed by atoms with Gasteiger partial charge in [-0.1, -0.05) is 194 Å². The molecule has 54 heavy (non-hydrogen) atoms. The quantitative estimate of drug-likeness (QED) is 0.0662. The molecule has 0 saturated heterocycles. The number of imide groups is 1. The molecular weight excluding hydrogens is 693 g/mol. The van der Waals surface area contributed by atoms with Gasteiger partial charge >= 0.3 is 0 Å². The van der Waals surface area contributed by atoms with Crippen molar-refractivity contribution < 1.29 is 9.59 Å². The van der Waals surface area contributed by atoms with Gasteiger partial charge in [-0.15, -0.1) is 0 Å². The third kappa shape index (κ3) is 6.08. The topological polar surface area (TPSA) is 40.6 Å². The van der Waals surface area contributed by atoms with Crippen molar-refractivity contribution in [2.75, 3.05) is 13.1 Å². The van der Waals surface area contributed by atoms with Crippen LogP contribution in [-0.4, -0.2) is 50.5 Å². The number of benzene rings is 7. The summed E-state index contributed by atoms with van der Waals surface area (Å²) in [5, 5.41) is 7.85. The average Bonchev–Trinajstić information content (AvgIpc) is 3.49. The van der Waals surface area contributed by atoms with Gasteiger partial charge in [0.15, 0.2) is 0 Å². The van der Waals surface area contributed by atoms with Crippen LogP contribution in [0.4, 0.5) is 0 Å². The molecule has 0 radical (unpaired) electrons. The number of rotatable bonds is 13. The van der Waals surface area contributed by atoms with Gasteiger partial charge in [0.25, 0.3) is 11.8 Å². The summed E-state index contributed by atoms with van der Waals surface area (Å²) in [6, 6.07) is 74.0. The Hall–Kier alpha value is -5.93. The van der Waals surface area contributed by atoms with Gasteiger partial charge in [0.05, 0.1) is 11.1 Å². The summed E-state index contributed by atoms with van der Waals surface area (Å²) in [6.45, 7) is 1.10. The summed E-state index contributed by atoms with van der Waals surface area (Å²) in [4.78, 5) is 28.4. The summed E-state index contributed by atoms with van der Waals surface area (Å²) in [5.41, 5.74) is 0.993. The molecule has 0 saturated carbocycles. The van der Waals surface area contributed by atoms with E-state index < -0.39 is 16.5 Å².